The van der Waals surface area contributed by atoms with Crippen molar-refractivity contribution in [2.75, 3.05) is 0 Å². The minimum absolute atomic E-state index is 0.187. The Morgan fingerprint density at radius 3 is 2.44 bits per heavy atom. The van der Waals surface area contributed by atoms with Crippen LogP contribution in [0, 0.1) is 5.92 Å². The lowest BCUT2D eigenvalue weighted by molar-refractivity contribution is -0.126. The first-order valence-electron chi connectivity index (χ1n) is 6.64. The quantitative estimate of drug-likeness (QED) is 0.770. The Bertz CT molecular complexity index is 226. The molecule has 1 saturated heterocycles. The van der Waals surface area contributed by atoms with Gasteiger partial charge in [-0.15, -0.1) is 0 Å². The summed E-state index contributed by atoms with van der Waals surface area (Å²) in [6.07, 6.45) is 4.12. The molecule has 1 fully saturated rings. The molecule has 0 radical (unpaired) electrons. The van der Waals surface area contributed by atoms with Crippen LogP contribution < -0.4 is 10.6 Å². The lowest BCUT2D eigenvalue weighted by Crippen LogP contribution is -2.55. The van der Waals surface area contributed by atoms with Crippen LogP contribution in [0.25, 0.3) is 0 Å². The van der Waals surface area contributed by atoms with Gasteiger partial charge in [-0.3, -0.25) is 4.79 Å². The van der Waals surface area contributed by atoms with Crippen molar-refractivity contribution in [2.24, 2.45) is 5.92 Å². The number of hydrogen-bond donors (Lipinski definition) is 2. The largest absolute Gasteiger partial charge is 0.352 e. The number of piperidine rings is 1. The molecule has 1 rings (SSSR count). The summed E-state index contributed by atoms with van der Waals surface area (Å²) in [5.41, 5.74) is 0. The molecule has 16 heavy (non-hydrogen) atoms. The first kappa shape index (κ1) is 13.5. The molecule has 0 spiro atoms. The second kappa shape index (κ2) is 6.24. The molecule has 3 atom stereocenters. The third-order valence-electron chi connectivity index (χ3n) is 3.75. The van der Waals surface area contributed by atoms with Crippen LogP contribution in [0.5, 0.6) is 0 Å². The van der Waals surface area contributed by atoms with E-state index in [-0.39, 0.29) is 11.8 Å². The molecule has 0 aromatic heterocycles. The van der Waals surface area contributed by atoms with Crippen LogP contribution in [0.15, 0.2) is 0 Å². The normalized spacial score (nSPS) is 30.4. The van der Waals surface area contributed by atoms with Crippen LogP contribution in [0.1, 0.15) is 53.4 Å². The van der Waals surface area contributed by atoms with Crippen molar-refractivity contribution in [3.05, 3.63) is 0 Å². The Balaban J connectivity index is 2.44. The molecule has 3 heteroatoms. The Labute approximate surface area is 99.4 Å². The van der Waals surface area contributed by atoms with Crippen molar-refractivity contribution in [2.45, 2.75) is 71.5 Å². The molecule has 1 amide bonds. The van der Waals surface area contributed by atoms with Gasteiger partial charge in [0.1, 0.15) is 0 Å². The highest BCUT2D eigenvalue weighted by molar-refractivity contribution is 5.78. The molecule has 0 bridgehead atoms. The van der Waals surface area contributed by atoms with Crippen LogP contribution in [0.3, 0.4) is 0 Å². The fourth-order valence-corrected chi connectivity index (χ4v) is 2.49. The van der Waals surface area contributed by atoms with Crippen molar-refractivity contribution in [3.8, 4) is 0 Å². The van der Waals surface area contributed by atoms with Crippen LogP contribution >= 0.6 is 0 Å². The number of carbonyl (C=O) groups excluding carboxylic acids is 1. The molecule has 1 aliphatic rings. The maximum Gasteiger partial charge on any atom is 0.223 e. The van der Waals surface area contributed by atoms with Gasteiger partial charge >= 0.3 is 0 Å². The van der Waals surface area contributed by atoms with Gasteiger partial charge < -0.3 is 10.6 Å². The average molecular weight is 226 g/mol. The van der Waals surface area contributed by atoms with E-state index in [0.29, 0.717) is 18.1 Å². The molecule has 1 heterocycles. The predicted molar refractivity (Wildman–Crippen MR) is 67.3 cm³/mol. The van der Waals surface area contributed by atoms with Crippen LogP contribution in [-0.4, -0.2) is 24.0 Å². The van der Waals surface area contributed by atoms with Gasteiger partial charge in [-0.25, -0.2) is 0 Å². The van der Waals surface area contributed by atoms with E-state index in [1.165, 1.54) is 0 Å². The molecule has 1 aliphatic heterocycles. The van der Waals surface area contributed by atoms with Crippen molar-refractivity contribution in [3.63, 3.8) is 0 Å². The lowest BCUT2D eigenvalue weighted by Gasteiger charge is -2.35. The number of hydrogen-bond acceptors (Lipinski definition) is 2. The predicted octanol–water partition coefficient (Wildman–Crippen LogP) is 2.07. The highest BCUT2D eigenvalue weighted by Gasteiger charge is 2.27. The molecule has 0 aliphatic carbocycles. The first-order chi connectivity index (χ1) is 7.58. The Kier molecular flexibility index (Phi) is 5.26. The molecule has 0 saturated carbocycles. The van der Waals surface area contributed by atoms with Crippen LogP contribution in [0.2, 0.25) is 0 Å². The van der Waals surface area contributed by atoms with E-state index in [1.54, 1.807) is 0 Å². The Hall–Kier alpha value is -0.570. The SMILES string of the molecule is CCC(CC)C(=O)NC1CCC(C)NC1C. The fourth-order valence-electron chi connectivity index (χ4n) is 2.49. The summed E-state index contributed by atoms with van der Waals surface area (Å²) in [6, 6.07) is 1.28. The molecule has 3 unspecified atom stereocenters. The van der Waals surface area contributed by atoms with E-state index < -0.39 is 0 Å². The molecule has 94 valence electrons. The molecule has 0 aromatic rings. The lowest BCUT2D eigenvalue weighted by atomic mass is 9.94. The molecule has 2 N–H and O–H groups in total. The maximum atomic E-state index is 12.0. The van der Waals surface area contributed by atoms with E-state index in [9.17, 15) is 4.79 Å². The summed E-state index contributed by atoms with van der Waals surface area (Å²) in [4.78, 5) is 12.0. The van der Waals surface area contributed by atoms with Crippen molar-refractivity contribution < 1.29 is 4.79 Å². The summed E-state index contributed by atoms with van der Waals surface area (Å²) >= 11 is 0. The van der Waals surface area contributed by atoms with Gasteiger partial charge in [-0.05, 0) is 39.5 Å². The fraction of sp³-hybridized carbons (Fsp3) is 0.923. The van der Waals surface area contributed by atoms with Crippen molar-refractivity contribution >= 4 is 5.91 Å². The third-order valence-corrected chi connectivity index (χ3v) is 3.75. The Morgan fingerprint density at radius 1 is 1.31 bits per heavy atom. The van der Waals surface area contributed by atoms with Crippen LogP contribution in [0.4, 0.5) is 0 Å². The molecule has 0 aromatic carbocycles. The standard InChI is InChI=1S/C13H26N2O/c1-5-11(6-2)13(16)15-12-8-7-9(3)14-10(12)4/h9-12,14H,5-8H2,1-4H3,(H,15,16). The second-order valence-electron chi connectivity index (χ2n) is 5.06. The van der Waals surface area contributed by atoms with Gasteiger partial charge in [0, 0.05) is 24.0 Å². The Morgan fingerprint density at radius 2 is 1.94 bits per heavy atom. The van der Waals surface area contributed by atoms with Gasteiger partial charge in [-0.2, -0.15) is 0 Å². The summed E-state index contributed by atoms with van der Waals surface area (Å²) in [5, 5.41) is 6.68. The monoisotopic (exact) mass is 226 g/mol. The second-order valence-corrected chi connectivity index (χ2v) is 5.06. The zero-order valence-electron chi connectivity index (χ0n) is 11.0. The van der Waals surface area contributed by atoms with Crippen molar-refractivity contribution in [1.29, 1.82) is 0 Å². The summed E-state index contributed by atoms with van der Waals surface area (Å²) in [6.45, 7) is 8.53. The summed E-state index contributed by atoms with van der Waals surface area (Å²) in [5.74, 6) is 0.421. The summed E-state index contributed by atoms with van der Waals surface area (Å²) in [7, 11) is 0. The average Bonchev–Trinajstić information content (AvgIpc) is 2.24. The van der Waals surface area contributed by atoms with Gasteiger partial charge in [-0.1, -0.05) is 13.8 Å². The molecular weight excluding hydrogens is 200 g/mol. The zero-order chi connectivity index (χ0) is 12.1. The maximum absolute atomic E-state index is 12.0. The first-order valence-corrected chi connectivity index (χ1v) is 6.64. The molecular formula is C13H26N2O. The topological polar surface area (TPSA) is 41.1 Å². The van der Waals surface area contributed by atoms with E-state index in [0.717, 1.165) is 25.7 Å². The zero-order valence-corrected chi connectivity index (χ0v) is 11.0. The minimum Gasteiger partial charge on any atom is -0.352 e. The van der Waals surface area contributed by atoms with E-state index in [1.807, 2.05) is 0 Å². The van der Waals surface area contributed by atoms with E-state index in [2.05, 4.69) is 38.3 Å². The minimum atomic E-state index is 0.187. The van der Waals surface area contributed by atoms with E-state index in [4.69, 9.17) is 0 Å². The van der Waals surface area contributed by atoms with Gasteiger partial charge in [0.15, 0.2) is 0 Å². The highest BCUT2D eigenvalue weighted by Crippen LogP contribution is 2.15. The highest BCUT2D eigenvalue weighted by atomic mass is 16.1. The van der Waals surface area contributed by atoms with Gasteiger partial charge in [0.2, 0.25) is 5.91 Å². The number of rotatable bonds is 4. The van der Waals surface area contributed by atoms with Crippen LogP contribution in [-0.2, 0) is 4.79 Å². The third kappa shape index (κ3) is 3.48. The number of amides is 1. The van der Waals surface area contributed by atoms with E-state index >= 15 is 0 Å². The molecule has 3 nitrogen and oxygen atoms in total. The number of carbonyl (C=O) groups is 1. The number of nitrogens with one attached hydrogen (secondary N) is 2. The van der Waals surface area contributed by atoms with Gasteiger partial charge in [0.05, 0.1) is 0 Å². The van der Waals surface area contributed by atoms with Gasteiger partial charge in [0.25, 0.3) is 0 Å². The smallest absolute Gasteiger partial charge is 0.223 e. The summed E-state index contributed by atoms with van der Waals surface area (Å²) < 4.78 is 0. The van der Waals surface area contributed by atoms with Crippen molar-refractivity contribution in [1.82, 2.24) is 10.6 Å².